The fourth-order valence-electron chi connectivity index (χ4n) is 3.95. The van der Waals surface area contributed by atoms with Gasteiger partial charge in [0.25, 0.3) is 0 Å². The minimum absolute atomic E-state index is 0.159. The van der Waals surface area contributed by atoms with Gasteiger partial charge < -0.3 is 10.6 Å². The smallest absolute Gasteiger partial charge is 0.0534 e. The fourth-order valence-corrected chi connectivity index (χ4v) is 3.95. The second-order valence-corrected chi connectivity index (χ2v) is 6.24. The van der Waals surface area contributed by atoms with Crippen LogP contribution in [-0.2, 0) is 13.6 Å². The second-order valence-electron chi connectivity index (χ2n) is 6.24. The Morgan fingerprint density at radius 3 is 2.68 bits per heavy atom. The zero-order valence-corrected chi connectivity index (χ0v) is 12.0. The fraction of sp³-hybridized carbons (Fsp3) is 0.786. The average Bonchev–Trinajstić information content (AvgIpc) is 2.85. The number of aryl methyl sites for hydroxylation is 1. The van der Waals surface area contributed by atoms with E-state index in [2.05, 4.69) is 28.1 Å². The maximum Gasteiger partial charge on any atom is 0.0534 e. The molecule has 1 aromatic heterocycles. The Morgan fingerprint density at radius 2 is 2.21 bits per heavy atom. The second kappa shape index (κ2) is 4.89. The molecule has 5 heteroatoms. The standard InChI is InChI=1S/C14H25N5/c1-17(8-12-7-16-18(2)9-12)14(10-15)11-19-5-3-13(14)4-6-19/h7,9,13H,3-6,8,10-11,15H2,1-2H3. The summed E-state index contributed by atoms with van der Waals surface area (Å²) in [6.45, 7) is 5.34. The molecule has 4 rings (SSSR count). The summed E-state index contributed by atoms with van der Waals surface area (Å²) in [4.78, 5) is 5.05. The number of nitrogens with zero attached hydrogens (tertiary/aromatic N) is 4. The number of hydrogen-bond donors (Lipinski definition) is 1. The third-order valence-electron chi connectivity index (χ3n) is 5.14. The lowest BCUT2D eigenvalue weighted by molar-refractivity contribution is -0.0596. The van der Waals surface area contributed by atoms with E-state index in [-0.39, 0.29) is 5.54 Å². The molecule has 3 saturated heterocycles. The quantitative estimate of drug-likeness (QED) is 0.847. The van der Waals surface area contributed by atoms with Crippen molar-refractivity contribution < 1.29 is 0 Å². The first-order valence-electron chi connectivity index (χ1n) is 7.25. The topological polar surface area (TPSA) is 50.3 Å². The minimum atomic E-state index is 0.159. The highest BCUT2D eigenvalue weighted by Crippen LogP contribution is 2.39. The SMILES string of the molecule is CN(Cc1cnn(C)c1)C1(CN)CN2CCC1CC2. The normalized spacial score (nSPS) is 34.1. The van der Waals surface area contributed by atoms with Crippen molar-refractivity contribution in [1.29, 1.82) is 0 Å². The molecule has 106 valence electrons. The third kappa shape index (κ3) is 2.20. The lowest BCUT2D eigenvalue weighted by Gasteiger charge is -2.57. The van der Waals surface area contributed by atoms with Gasteiger partial charge in [0.15, 0.2) is 0 Å². The van der Waals surface area contributed by atoms with E-state index in [1.165, 1.54) is 31.5 Å². The highest BCUT2D eigenvalue weighted by molar-refractivity contribution is 5.09. The lowest BCUT2D eigenvalue weighted by Crippen LogP contribution is -2.68. The number of nitrogens with two attached hydrogens (primary N) is 1. The minimum Gasteiger partial charge on any atom is -0.329 e. The van der Waals surface area contributed by atoms with Crippen LogP contribution >= 0.6 is 0 Å². The molecule has 0 spiro atoms. The van der Waals surface area contributed by atoms with Crippen LogP contribution in [0.1, 0.15) is 18.4 Å². The van der Waals surface area contributed by atoms with Crippen molar-refractivity contribution in [2.75, 3.05) is 33.2 Å². The zero-order valence-electron chi connectivity index (χ0n) is 12.0. The van der Waals surface area contributed by atoms with Crippen LogP contribution in [0.25, 0.3) is 0 Å². The number of hydrogen-bond acceptors (Lipinski definition) is 4. The zero-order chi connectivity index (χ0) is 13.5. The van der Waals surface area contributed by atoms with Crippen LogP contribution in [0.5, 0.6) is 0 Å². The van der Waals surface area contributed by atoms with Crippen molar-refractivity contribution in [3.63, 3.8) is 0 Å². The number of likely N-dealkylation sites (N-methyl/N-ethyl adjacent to an activating group) is 1. The molecular weight excluding hydrogens is 238 g/mol. The summed E-state index contributed by atoms with van der Waals surface area (Å²) in [5, 5.41) is 4.26. The molecule has 0 aliphatic carbocycles. The Bertz CT molecular complexity index is 435. The maximum absolute atomic E-state index is 6.20. The molecule has 2 N–H and O–H groups in total. The molecule has 0 radical (unpaired) electrons. The van der Waals surface area contributed by atoms with E-state index < -0.39 is 0 Å². The highest BCUT2D eigenvalue weighted by Gasteiger charge is 2.48. The van der Waals surface area contributed by atoms with Crippen LogP contribution in [0.4, 0.5) is 0 Å². The van der Waals surface area contributed by atoms with Crippen LogP contribution in [0.2, 0.25) is 0 Å². The van der Waals surface area contributed by atoms with Gasteiger partial charge in [0.05, 0.1) is 6.20 Å². The van der Waals surface area contributed by atoms with Crippen molar-refractivity contribution in [1.82, 2.24) is 19.6 Å². The first-order chi connectivity index (χ1) is 9.14. The van der Waals surface area contributed by atoms with Gasteiger partial charge in [-0.15, -0.1) is 0 Å². The van der Waals surface area contributed by atoms with E-state index in [1.807, 2.05) is 17.9 Å². The Balaban J connectivity index is 1.77. The van der Waals surface area contributed by atoms with Gasteiger partial charge in [-0.2, -0.15) is 5.10 Å². The molecule has 3 fully saturated rings. The molecule has 1 aromatic rings. The molecule has 3 aliphatic heterocycles. The summed E-state index contributed by atoms with van der Waals surface area (Å²) in [5.74, 6) is 0.754. The van der Waals surface area contributed by atoms with Gasteiger partial charge in [0.1, 0.15) is 0 Å². The first kappa shape index (κ1) is 13.1. The van der Waals surface area contributed by atoms with Crippen LogP contribution < -0.4 is 5.73 Å². The van der Waals surface area contributed by atoms with Crippen LogP contribution in [0.3, 0.4) is 0 Å². The number of piperidine rings is 3. The molecule has 0 saturated carbocycles. The van der Waals surface area contributed by atoms with Gasteiger partial charge in [-0.05, 0) is 38.9 Å². The largest absolute Gasteiger partial charge is 0.329 e. The van der Waals surface area contributed by atoms with E-state index in [4.69, 9.17) is 5.73 Å². The molecule has 4 heterocycles. The van der Waals surface area contributed by atoms with E-state index in [0.717, 1.165) is 25.6 Å². The van der Waals surface area contributed by atoms with Crippen molar-refractivity contribution in [2.24, 2.45) is 18.7 Å². The van der Waals surface area contributed by atoms with Crippen LogP contribution in [0.15, 0.2) is 12.4 Å². The van der Waals surface area contributed by atoms with Crippen LogP contribution in [-0.4, -0.2) is 58.3 Å². The Kier molecular flexibility index (Phi) is 3.37. The van der Waals surface area contributed by atoms with E-state index in [1.54, 1.807) is 0 Å². The number of aromatic nitrogens is 2. The average molecular weight is 263 g/mol. The van der Waals surface area contributed by atoms with Gasteiger partial charge in [-0.25, -0.2) is 0 Å². The summed E-state index contributed by atoms with van der Waals surface area (Å²) in [6, 6.07) is 0. The lowest BCUT2D eigenvalue weighted by atomic mass is 9.71. The molecule has 19 heavy (non-hydrogen) atoms. The predicted octanol–water partition coefficient (Wildman–Crippen LogP) is 0.275. The molecule has 0 aromatic carbocycles. The Morgan fingerprint density at radius 1 is 1.47 bits per heavy atom. The summed E-state index contributed by atoms with van der Waals surface area (Å²) in [7, 11) is 4.19. The Labute approximate surface area is 115 Å². The van der Waals surface area contributed by atoms with Gasteiger partial charge >= 0.3 is 0 Å². The molecule has 0 amide bonds. The van der Waals surface area contributed by atoms with Crippen molar-refractivity contribution in [3.8, 4) is 0 Å². The molecule has 1 atom stereocenters. The highest BCUT2D eigenvalue weighted by atomic mass is 15.3. The summed E-state index contributed by atoms with van der Waals surface area (Å²) in [5.41, 5.74) is 7.63. The number of fused-ring (bicyclic) bond motifs is 3. The monoisotopic (exact) mass is 263 g/mol. The summed E-state index contributed by atoms with van der Waals surface area (Å²) < 4.78 is 1.87. The van der Waals surface area contributed by atoms with Crippen LogP contribution in [0, 0.1) is 5.92 Å². The van der Waals surface area contributed by atoms with E-state index >= 15 is 0 Å². The summed E-state index contributed by atoms with van der Waals surface area (Å²) >= 11 is 0. The van der Waals surface area contributed by atoms with E-state index in [0.29, 0.717) is 0 Å². The predicted molar refractivity (Wildman–Crippen MR) is 75.6 cm³/mol. The van der Waals surface area contributed by atoms with E-state index in [9.17, 15) is 0 Å². The molecule has 2 bridgehead atoms. The maximum atomic E-state index is 6.20. The summed E-state index contributed by atoms with van der Waals surface area (Å²) in [6.07, 6.45) is 6.66. The molecule has 5 nitrogen and oxygen atoms in total. The first-order valence-corrected chi connectivity index (χ1v) is 7.25. The molecule has 1 unspecified atom stereocenters. The Hall–Kier alpha value is -0.910. The van der Waals surface area contributed by atoms with Gasteiger partial charge in [0, 0.05) is 44.0 Å². The van der Waals surface area contributed by atoms with Gasteiger partial charge in [0.2, 0.25) is 0 Å². The molecule has 3 aliphatic rings. The van der Waals surface area contributed by atoms with Gasteiger partial charge in [-0.3, -0.25) is 9.58 Å². The van der Waals surface area contributed by atoms with Crippen molar-refractivity contribution >= 4 is 0 Å². The van der Waals surface area contributed by atoms with Crippen molar-refractivity contribution in [3.05, 3.63) is 18.0 Å². The molecular formula is C14H25N5. The van der Waals surface area contributed by atoms with Crippen molar-refractivity contribution in [2.45, 2.75) is 24.9 Å². The van der Waals surface area contributed by atoms with Gasteiger partial charge in [-0.1, -0.05) is 0 Å². The number of rotatable bonds is 4. The third-order valence-corrected chi connectivity index (χ3v) is 5.14.